The van der Waals surface area contributed by atoms with E-state index in [0.29, 0.717) is 61.7 Å². The second kappa shape index (κ2) is 20.1. The van der Waals surface area contributed by atoms with Gasteiger partial charge in [-0.3, -0.25) is 14.6 Å². The summed E-state index contributed by atoms with van der Waals surface area (Å²) < 4.78 is 14.0. The predicted molar refractivity (Wildman–Crippen MR) is 190 cm³/mol. The molecule has 0 bridgehead atoms. The molecule has 0 spiro atoms. The minimum atomic E-state index is -1.00. The lowest BCUT2D eigenvalue weighted by atomic mass is 10.1. The van der Waals surface area contributed by atoms with Crippen molar-refractivity contribution in [2.24, 2.45) is 0 Å². The van der Waals surface area contributed by atoms with Crippen LogP contribution in [0, 0.1) is 0 Å². The first-order valence-electron chi connectivity index (χ1n) is 17.0. The minimum Gasteiger partial charge on any atom is -0.493 e. The maximum absolute atomic E-state index is 12.6. The van der Waals surface area contributed by atoms with Crippen LogP contribution in [-0.4, -0.2) is 138 Å². The first-order chi connectivity index (χ1) is 26.1. The Balaban J connectivity index is 0.000000249. The third-order valence-electron chi connectivity index (χ3n) is 8.22. The molecule has 2 saturated heterocycles. The number of carboxylic acid groups (broad SMARTS) is 3. The molecular formula is C32H39N11O9S2. The number of carbonyl (C=O) groups excluding carboxylic acids is 1. The number of hydrogen-bond acceptors (Lipinski definition) is 15. The van der Waals surface area contributed by atoms with Crippen LogP contribution in [-0.2, 0) is 29.1 Å². The van der Waals surface area contributed by atoms with Crippen LogP contribution >= 0.6 is 23.5 Å². The molecule has 1 aromatic carbocycles. The normalized spacial score (nSPS) is 14.9. The van der Waals surface area contributed by atoms with E-state index in [0.717, 1.165) is 30.6 Å². The summed E-state index contributed by atoms with van der Waals surface area (Å²) >= 11 is 2.91. The summed E-state index contributed by atoms with van der Waals surface area (Å²) in [4.78, 5) is 51.8. The van der Waals surface area contributed by atoms with Gasteiger partial charge < -0.3 is 34.6 Å². The van der Waals surface area contributed by atoms with Crippen molar-refractivity contribution in [3.05, 3.63) is 54.4 Å². The number of amides is 2. The van der Waals surface area contributed by atoms with Gasteiger partial charge in [-0.2, -0.15) is 0 Å². The number of aryl methyl sites for hydroxylation is 1. The summed E-state index contributed by atoms with van der Waals surface area (Å²) in [5.74, 6) is -0.616. The number of hydrogen-bond donors (Lipinski definition) is 3. The van der Waals surface area contributed by atoms with Crippen LogP contribution in [0.3, 0.4) is 0 Å². The number of aromatic nitrogens is 9. The second-order valence-corrected chi connectivity index (χ2v) is 14.6. The highest BCUT2D eigenvalue weighted by Crippen LogP contribution is 2.30. The second-order valence-electron chi connectivity index (χ2n) is 12.0. The highest BCUT2D eigenvalue weighted by molar-refractivity contribution is 8.00. The molecule has 0 unspecified atom stereocenters. The molecule has 2 aliphatic heterocycles. The fourth-order valence-electron chi connectivity index (χ4n) is 5.36. The number of tetrazole rings is 2. The van der Waals surface area contributed by atoms with Crippen molar-refractivity contribution in [2.75, 3.05) is 32.8 Å². The summed E-state index contributed by atoms with van der Waals surface area (Å²) in [5, 5.41) is 50.3. The molecule has 2 fully saturated rings. The van der Waals surface area contributed by atoms with Gasteiger partial charge in [0.1, 0.15) is 18.0 Å². The van der Waals surface area contributed by atoms with Crippen molar-refractivity contribution in [3.63, 3.8) is 0 Å². The molecule has 0 aliphatic carbocycles. The van der Waals surface area contributed by atoms with Gasteiger partial charge in [0.25, 0.3) is 0 Å². The molecule has 20 nitrogen and oxygen atoms in total. The Hall–Kier alpha value is -5.51. The first kappa shape index (κ1) is 39.7. The van der Waals surface area contributed by atoms with Crippen LogP contribution < -0.4 is 9.47 Å². The van der Waals surface area contributed by atoms with E-state index in [-0.39, 0.29) is 36.1 Å². The van der Waals surface area contributed by atoms with Crippen LogP contribution in [0.5, 0.6) is 11.5 Å². The van der Waals surface area contributed by atoms with Gasteiger partial charge in [-0.05, 0) is 76.4 Å². The van der Waals surface area contributed by atoms with Crippen LogP contribution in [0.4, 0.5) is 9.59 Å². The number of ether oxygens (including phenoxy) is 2. The Morgan fingerprint density at radius 3 is 1.87 bits per heavy atom. The largest absolute Gasteiger partial charge is 0.493 e. The van der Waals surface area contributed by atoms with E-state index in [1.165, 1.54) is 37.8 Å². The molecule has 3 N–H and O–H groups in total. The van der Waals surface area contributed by atoms with Crippen LogP contribution in [0.15, 0.2) is 59.1 Å². The van der Waals surface area contributed by atoms with Crippen molar-refractivity contribution in [2.45, 2.75) is 72.4 Å². The number of nitrogens with zero attached hydrogens (tertiary/aromatic N) is 11. The first-order valence-corrected chi connectivity index (χ1v) is 18.7. The molecule has 0 saturated carbocycles. The lowest BCUT2D eigenvalue weighted by molar-refractivity contribution is -0.138. The molecule has 22 heteroatoms. The molecule has 0 atom stereocenters. The number of rotatable bonds is 14. The van der Waals surface area contributed by atoms with Gasteiger partial charge in [0.2, 0.25) is 10.3 Å². The number of aliphatic carboxylic acids is 2. The fraction of sp³-hybridized carbons (Fsp3) is 0.469. The lowest BCUT2D eigenvalue weighted by Gasteiger charge is -2.30. The number of carboxylic acids is 2. The van der Waals surface area contributed by atoms with Crippen LogP contribution in [0.25, 0.3) is 0 Å². The molecular weight excluding hydrogens is 747 g/mol. The van der Waals surface area contributed by atoms with Gasteiger partial charge in [0.15, 0.2) is 0 Å². The number of carbonyl (C=O) groups is 4. The fourth-order valence-corrected chi connectivity index (χ4v) is 7.49. The zero-order valence-electron chi connectivity index (χ0n) is 29.0. The number of thioether (sulfide) groups is 2. The van der Waals surface area contributed by atoms with Crippen molar-refractivity contribution in [1.82, 2.24) is 55.2 Å². The van der Waals surface area contributed by atoms with E-state index in [4.69, 9.17) is 24.8 Å². The number of pyridine rings is 1. The molecule has 5 heterocycles. The Labute approximate surface area is 317 Å². The number of benzene rings is 1. The third kappa shape index (κ3) is 12.6. The Kier molecular flexibility index (Phi) is 14.8. The minimum absolute atomic E-state index is 0.0384. The lowest BCUT2D eigenvalue weighted by Crippen LogP contribution is -2.41. The van der Waals surface area contributed by atoms with E-state index >= 15 is 0 Å². The van der Waals surface area contributed by atoms with Gasteiger partial charge in [0, 0.05) is 55.5 Å². The SMILES string of the molecule is O=C(O)CCn1nnnc1SC1CCN(C(=O)Oc2ccc(CCOc3ccncc3)cc2)CC1.O=C(O)Cn1nnnc1SC1CCN(C(=O)O)CC1. The number of likely N-dealkylation sites (tertiary alicyclic amines) is 2. The zero-order valence-corrected chi connectivity index (χ0v) is 30.6. The highest BCUT2D eigenvalue weighted by Gasteiger charge is 2.27. The van der Waals surface area contributed by atoms with Crippen molar-refractivity contribution >= 4 is 47.6 Å². The van der Waals surface area contributed by atoms with Crippen molar-refractivity contribution in [1.29, 1.82) is 0 Å². The van der Waals surface area contributed by atoms with Gasteiger partial charge in [-0.25, -0.2) is 19.0 Å². The van der Waals surface area contributed by atoms with E-state index in [9.17, 15) is 19.2 Å². The van der Waals surface area contributed by atoms with Crippen molar-refractivity contribution < 1.29 is 44.0 Å². The predicted octanol–water partition coefficient (Wildman–Crippen LogP) is 2.91. The summed E-state index contributed by atoms with van der Waals surface area (Å²) in [7, 11) is 0. The summed E-state index contributed by atoms with van der Waals surface area (Å²) in [6.45, 7) is 2.59. The monoisotopic (exact) mass is 785 g/mol. The van der Waals surface area contributed by atoms with E-state index in [2.05, 4.69) is 36.0 Å². The van der Waals surface area contributed by atoms with Crippen LogP contribution in [0.1, 0.15) is 37.7 Å². The molecule has 0 radical (unpaired) electrons. The molecule has 3 aromatic heterocycles. The van der Waals surface area contributed by atoms with Gasteiger partial charge in [-0.1, -0.05) is 35.7 Å². The number of piperidine rings is 2. The Bertz CT molecular complexity index is 1820. The maximum atomic E-state index is 12.6. The quantitative estimate of drug-likeness (QED) is 0.166. The molecule has 6 rings (SSSR count). The van der Waals surface area contributed by atoms with Crippen molar-refractivity contribution in [3.8, 4) is 11.5 Å². The average Bonchev–Trinajstić information content (AvgIpc) is 3.80. The topological polar surface area (TPSA) is 254 Å². The van der Waals surface area contributed by atoms with Crippen LogP contribution in [0.2, 0.25) is 0 Å². The average molecular weight is 786 g/mol. The summed E-state index contributed by atoms with van der Waals surface area (Å²) in [5.41, 5.74) is 1.09. The Morgan fingerprint density at radius 2 is 1.30 bits per heavy atom. The smallest absolute Gasteiger partial charge is 0.415 e. The zero-order chi connectivity index (χ0) is 38.3. The van der Waals surface area contributed by atoms with E-state index in [1.807, 2.05) is 24.3 Å². The molecule has 2 amide bonds. The standard InChI is InChI=1S/C23H26N6O5S.C9H13N5O4S/c30-21(31)9-15-29-22(25-26-27-29)35-20-7-13-28(14-8-20)23(32)34-19-3-1-17(2-4-19)10-16-33-18-5-11-24-12-6-18;15-7(16)5-14-8(10-11-12-14)19-6-1-3-13(4-2-6)9(17)18/h1-6,11-12,20H,7-10,13-16H2,(H,30,31);6H,1-5H2,(H,15,16)(H,17,18). The van der Waals surface area contributed by atoms with Gasteiger partial charge in [0.05, 0.1) is 19.6 Å². The summed E-state index contributed by atoms with van der Waals surface area (Å²) in [6.07, 6.45) is 5.75. The molecule has 288 valence electrons. The maximum Gasteiger partial charge on any atom is 0.415 e. The third-order valence-corrected chi connectivity index (χ3v) is 10.8. The molecule has 54 heavy (non-hydrogen) atoms. The molecule has 2 aliphatic rings. The Morgan fingerprint density at radius 1 is 0.722 bits per heavy atom. The molecule has 4 aromatic rings. The van der Waals surface area contributed by atoms with Gasteiger partial charge in [-0.15, -0.1) is 10.2 Å². The highest BCUT2D eigenvalue weighted by atomic mass is 32.2. The van der Waals surface area contributed by atoms with E-state index < -0.39 is 18.0 Å². The van der Waals surface area contributed by atoms with E-state index in [1.54, 1.807) is 29.4 Å². The summed E-state index contributed by atoms with van der Waals surface area (Å²) in [6, 6.07) is 11.1. The van der Waals surface area contributed by atoms with Gasteiger partial charge >= 0.3 is 24.1 Å².